The maximum absolute atomic E-state index is 5.89. The van der Waals surface area contributed by atoms with Gasteiger partial charge in [-0.1, -0.05) is 38.8 Å². The minimum atomic E-state index is 0.653. The van der Waals surface area contributed by atoms with Gasteiger partial charge in [0, 0.05) is 21.6 Å². The van der Waals surface area contributed by atoms with Crippen LogP contribution in [-0.4, -0.2) is 21.5 Å². The van der Waals surface area contributed by atoms with Crippen LogP contribution in [-0.2, 0) is 6.54 Å². The molecular formula is C11H12BrClN4. The molecule has 0 aliphatic rings. The zero-order valence-electron chi connectivity index (χ0n) is 9.11. The van der Waals surface area contributed by atoms with Crippen LogP contribution in [0.5, 0.6) is 0 Å². The summed E-state index contributed by atoms with van der Waals surface area (Å²) in [6.45, 7) is 1.44. The second-order valence-electron chi connectivity index (χ2n) is 3.63. The van der Waals surface area contributed by atoms with Gasteiger partial charge in [-0.05, 0) is 25.1 Å². The summed E-state index contributed by atoms with van der Waals surface area (Å²) in [6.07, 6.45) is 2.80. The summed E-state index contributed by atoms with van der Waals surface area (Å²) >= 11 is 9.36. The Hall–Kier alpha value is -0.910. The van der Waals surface area contributed by atoms with Gasteiger partial charge in [-0.25, -0.2) is 0 Å². The number of hydrogen-bond donors (Lipinski definition) is 1. The van der Waals surface area contributed by atoms with E-state index < -0.39 is 0 Å². The third kappa shape index (κ3) is 3.06. The smallest absolute Gasteiger partial charge is 0.114 e. The molecule has 0 fully saturated rings. The second kappa shape index (κ2) is 5.62. The van der Waals surface area contributed by atoms with Crippen LogP contribution >= 0.6 is 27.5 Å². The number of nitrogens with zero attached hydrogens (tertiary/aromatic N) is 3. The van der Waals surface area contributed by atoms with Gasteiger partial charge in [-0.3, -0.25) is 4.68 Å². The van der Waals surface area contributed by atoms with E-state index in [1.807, 2.05) is 24.4 Å². The summed E-state index contributed by atoms with van der Waals surface area (Å²) in [6, 6.07) is 5.60. The van der Waals surface area contributed by atoms with Crippen LogP contribution in [0.3, 0.4) is 0 Å². The minimum absolute atomic E-state index is 0.653. The number of aryl methyl sites for hydroxylation is 1. The molecule has 0 atom stereocenters. The summed E-state index contributed by atoms with van der Waals surface area (Å²) < 4.78 is 2.71. The van der Waals surface area contributed by atoms with Crippen LogP contribution in [0.15, 0.2) is 28.9 Å². The lowest BCUT2D eigenvalue weighted by molar-refractivity contribution is 0.564. The third-order valence-electron chi connectivity index (χ3n) is 2.34. The minimum Gasteiger partial charge on any atom is -0.330 e. The number of aromatic nitrogens is 3. The van der Waals surface area contributed by atoms with E-state index in [2.05, 4.69) is 26.2 Å². The lowest BCUT2D eigenvalue weighted by Crippen LogP contribution is -2.06. The predicted octanol–water partition coefficient (Wildman–Crippen LogP) is 2.71. The van der Waals surface area contributed by atoms with Gasteiger partial charge in [0.25, 0.3) is 0 Å². The molecule has 0 bridgehead atoms. The normalized spacial score (nSPS) is 10.8. The molecule has 1 aromatic heterocycles. The topological polar surface area (TPSA) is 56.7 Å². The number of hydrogen-bond acceptors (Lipinski definition) is 3. The first-order valence-electron chi connectivity index (χ1n) is 5.26. The van der Waals surface area contributed by atoms with Gasteiger partial charge in [-0.15, -0.1) is 5.10 Å². The monoisotopic (exact) mass is 314 g/mol. The number of rotatable bonds is 4. The molecule has 4 nitrogen and oxygen atoms in total. The molecule has 2 rings (SSSR count). The number of nitrogens with two attached hydrogens (primary N) is 1. The third-order valence-corrected chi connectivity index (χ3v) is 3.23. The van der Waals surface area contributed by atoms with Crippen molar-refractivity contribution in [3.8, 4) is 11.3 Å². The van der Waals surface area contributed by atoms with Crippen molar-refractivity contribution in [1.82, 2.24) is 15.0 Å². The molecule has 0 aliphatic heterocycles. The summed E-state index contributed by atoms with van der Waals surface area (Å²) in [4.78, 5) is 0. The van der Waals surface area contributed by atoms with Gasteiger partial charge in [0.2, 0.25) is 0 Å². The highest BCUT2D eigenvalue weighted by molar-refractivity contribution is 9.10. The van der Waals surface area contributed by atoms with Crippen LogP contribution < -0.4 is 5.73 Å². The zero-order chi connectivity index (χ0) is 12.3. The van der Waals surface area contributed by atoms with Gasteiger partial charge in [0.1, 0.15) is 5.69 Å². The highest BCUT2D eigenvalue weighted by Crippen LogP contribution is 2.28. The van der Waals surface area contributed by atoms with Crippen LogP contribution in [0.1, 0.15) is 6.42 Å². The van der Waals surface area contributed by atoms with Crippen LogP contribution in [0.25, 0.3) is 11.3 Å². The number of halogens is 2. The average Bonchev–Trinajstić information content (AvgIpc) is 2.75. The molecule has 2 N–H and O–H groups in total. The molecular weight excluding hydrogens is 304 g/mol. The molecule has 0 spiro atoms. The van der Waals surface area contributed by atoms with Gasteiger partial charge in [0.05, 0.1) is 6.20 Å². The van der Waals surface area contributed by atoms with Gasteiger partial charge < -0.3 is 5.73 Å². The Bertz CT molecular complexity index is 512. The van der Waals surface area contributed by atoms with Crippen molar-refractivity contribution in [3.05, 3.63) is 33.9 Å². The van der Waals surface area contributed by atoms with Crippen LogP contribution in [0.2, 0.25) is 5.02 Å². The van der Waals surface area contributed by atoms with Crippen molar-refractivity contribution < 1.29 is 0 Å². The Morgan fingerprint density at radius 2 is 2.24 bits per heavy atom. The predicted molar refractivity (Wildman–Crippen MR) is 71.8 cm³/mol. The summed E-state index contributed by atoms with van der Waals surface area (Å²) in [5, 5.41) is 8.87. The van der Waals surface area contributed by atoms with E-state index in [0.717, 1.165) is 28.7 Å². The fourth-order valence-electron chi connectivity index (χ4n) is 1.48. The molecule has 1 heterocycles. The van der Waals surface area contributed by atoms with Crippen molar-refractivity contribution in [1.29, 1.82) is 0 Å². The van der Waals surface area contributed by atoms with E-state index in [-0.39, 0.29) is 0 Å². The Balaban J connectivity index is 2.24. The van der Waals surface area contributed by atoms with E-state index in [4.69, 9.17) is 17.3 Å². The fraction of sp³-hybridized carbons (Fsp3) is 0.273. The highest BCUT2D eigenvalue weighted by atomic mass is 79.9. The van der Waals surface area contributed by atoms with E-state index in [1.165, 1.54) is 0 Å². The molecule has 0 saturated heterocycles. The van der Waals surface area contributed by atoms with Crippen molar-refractivity contribution in [2.45, 2.75) is 13.0 Å². The Morgan fingerprint density at radius 1 is 1.41 bits per heavy atom. The lowest BCUT2D eigenvalue weighted by Gasteiger charge is -2.00. The molecule has 17 heavy (non-hydrogen) atoms. The summed E-state index contributed by atoms with van der Waals surface area (Å²) in [7, 11) is 0. The van der Waals surface area contributed by atoms with Crippen molar-refractivity contribution in [3.63, 3.8) is 0 Å². The van der Waals surface area contributed by atoms with Crippen molar-refractivity contribution in [2.75, 3.05) is 6.54 Å². The molecule has 90 valence electrons. The molecule has 1 aromatic carbocycles. The maximum atomic E-state index is 5.89. The van der Waals surface area contributed by atoms with Gasteiger partial charge >= 0.3 is 0 Å². The van der Waals surface area contributed by atoms with Crippen molar-refractivity contribution in [2.24, 2.45) is 5.73 Å². The highest BCUT2D eigenvalue weighted by Gasteiger charge is 2.07. The second-order valence-corrected chi connectivity index (χ2v) is 4.92. The van der Waals surface area contributed by atoms with E-state index in [0.29, 0.717) is 11.6 Å². The molecule has 0 unspecified atom stereocenters. The zero-order valence-corrected chi connectivity index (χ0v) is 11.4. The first kappa shape index (κ1) is 12.5. The first-order valence-corrected chi connectivity index (χ1v) is 6.43. The molecule has 6 heteroatoms. The van der Waals surface area contributed by atoms with E-state index >= 15 is 0 Å². The molecule has 2 aromatic rings. The first-order chi connectivity index (χ1) is 8.20. The standard InChI is InChI=1S/C11H12BrClN4/c12-10-6-8(13)2-3-9(10)11-7-17(16-15-11)5-1-4-14/h2-3,6-7H,1,4-5,14H2. The van der Waals surface area contributed by atoms with E-state index in [1.54, 1.807) is 4.68 Å². The Morgan fingerprint density at radius 3 is 2.94 bits per heavy atom. The van der Waals surface area contributed by atoms with Crippen LogP contribution in [0, 0.1) is 0 Å². The quantitative estimate of drug-likeness (QED) is 0.944. The molecule has 0 amide bonds. The van der Waals surface area contributed by atoms with Crippen LogP contribution in [0.4, 0.5) is 0 Å². The number of benzene rings is 1. The van der Waals surface area contributed by atoms with Gasteiger partial charge in [-0.2, -0.15) is 0 Å². The Labute approximate surface area is 113 Å². The summed E-state index contributed by atoms with van der Waals surface area (Å²) in [5.74, 6) is 0. The van der Waals surface area contributed by atoms with Gasteiger partial charge in [0.15, 0.2) is 0 Å². The molecule has 0 aliphatic carbocycles. The summed E-state index contributed by atoms with van der Waals surface area (Å²) in [5.41, 5.74) is 7.26. The van der Waals surface area contributed by atoms with E-state index in [9.17, 15) is 0 Å². The van der Waals surface area contributed by atoms with Crippen molar-refractivity contribution >= 4 is 27.5 Å². The molecule has 0 saturated carbocycles. The molecule has 0 radical (unpaired) electrons. The largest absolute Gasteiger partial charge is 0.330 e. The average molecular weight is 316 g/mol. The fourth-order valence-corrected chi connectivity index (χ4v) is 2.37. The lowest BCUT2D eigenvalue weighted by atomic mass is 10.2. The Kier molecular flexibility index (Phi) is 4.15. The maximum Gasteiger partial charge on any atom is 0.114 e. The SMILES string of the molecule is NCCCn1cc(-c2ccc(Cl)cc2Br)nn1.